The van der Waals surface area contributed by atoms with E-state index >= 15 is 0 Å². The smallest absolute Gasteiger partial charge is 0.408 e. The Kier molecular flexibility index (Phi) is 10.3. The number of likely N-dealkylation sites (tertiary alicyclic amines) is 1. The minimum atomic E-state index is -1.03. The second kappa shape index (κ2) is 12.9. The lowest BCUT2D eigenvalue weighted by molar-refractivity contribution is -0.163. The van der Waals surface area contributed by atoms with Gasteiger partial charge in [-0.05, 0) is 91.9 Å². The number of ether oxygens (including phenoxy) is 2. The molecule has 3 fully saturated rings. The van der Waals surface area contributed by atoms with E-state index in [9.17, 15) is 24.0 Å². The van der Waals surface area contributed by atoms with Crippen LogP contribution >= 0.6 is 0 Å². The van der Waals surface area contributed by atoms with Crippen LogP contribution in [-0.4, -0.2) is 69.9 Å². The molecule has 1 heterocycles. The van der Waals surface area contributed by atoms with Gasteiger partial charge < -0.3 is 25.0 Å². The van der Waals surface area contributed by atoms with Crippen LogP contribution in [0, 0.1) is 11.8 Å². The minimum absolute atomic E-state index is 0.0404. The highest BCUT2D eigenvalue weighted by Crippen LogP contribution is 2.43. The molecule has 0 spiro atoms. The number of hydrogen-bond donors (Lipinski definition) is 2. The molecule has 1 aliphatic heterocycles. The number of Topliss-reactive ketones (excluding diaryl/α,β-unsaturated/α-hetero) is 1. The maximum atomic E-state index is 14.2. The van der Waals surface area contributed by atoms with E-state index in [1.165, 1.54) is 0 Å². The summed E-state index contributed by atoms with van der Waals surface area (Å²) in [6.07, 6.45) is 7.18. The van der Waals surface area contributed by atoms with Crippen LogP contribution in [0.2, 0.25) is 0 Å². The van der Waals surface area contributed by atoms with E-state index in [1.807, 2.05) is 6.92 Å². The average Bonchev–Trinajstić information content (AvgIpc) is 3.46. The van der Waals surface area contributed by atoms with E-state index in [1.54, 1.807) is 46.4 Å². The van der Waals surface area contributed by atoms with Crippen molar-refractivity contribution in [2.24, 2.45) is 11.8 Å². The first-order chi connectivity index (χ1) is 18.6. The minimum Gasteiger partial charge on any atom is -0.454 e. The summed E-state index contributed by atoms with van der Waals surface area (Å²) >= 11 is 0. The number of nitrogens with zero attached hydrogens (tertiary/aromatic N) is 1. The van der Waals surface area contributed by atoms with Crippen molar-refractivity contribution in [2.75, 3.05) is 0 Å². The van der Waals surface area contributed by atoms with E-state index in [0.29, 0.717) is 12.8 Å². The Labute approximate surface area is 238 Å². The van der Waals surface area contributed by atoms with Gasteiger partial charge in [-0.15, -0.1) is 0 Å². The molecular formula is C30H49N3O7. The molecule has 10 heteroatoms. The number of alkyl carbamates (subject to hydrolysis) is 1. The van der Waals surface area contributed by atoms with Crippen LogP contribution in [0.3, 0.4) is 0 Å². The molecule has 226 valence electrons. The van der Waals surface area contributed by atoms with E-state index in [0.717, 1.165) is 44.9 Å². The maximum Gasteiger partial charge on any atom is 0.408 e. The Morgan fingerprint density at radius 2 is 1.48 bits per heavy atom. The number of amides is 3. The van der Waals surface area contributed by atoms with Crippen molar-refractivity contribution >= 4 is 29.7 Å². The van der Waals surface area contributed by atoms with Crippen LogP contribution in [0.25, 0.3) is 0 Å². The van der Waals surface area contributed by atoms with Gasteiger partial charge in [-0.3, -0.25) is 14.4 Å². The second-order valence-corrected chi connectivity index (χ2v) is 13.7. The molecule has 3 aliphatic rings. The fourth-order valence-electron chi connectivity index (χ4n) is 6.37. The Morgan fingerprint density at radius 1 is 0.850 bits per heavy atom. The number of hydrogen-bond acceptors (Lipinski definition) is 7. The van der Waals surface area contributed by atoms with Crippen molar-refractivity contribution in [3.63, 3.8) is 0 Å². The fourth-order valence-corrected chi connectivity index (χ4v) is 6.37. The Balaban J connectivity index is 1.82. The number of carbonyl (C=O) groups excluding carboxylic acids is 5. The molecule has 3 rings (SSSR count). The maximum absolute atomic E-state index is 14.2. The first-order valence-electron chi connectivity index (χ1n) is 15.0. The van der Waals surface area contributed by atoms with Gasteiger partial charge in [-0.25, -0.2) is 9.59 Å². The molecule has 0 aromatic carbocycles. The zero-order valence-corrected chi connectivity index (χ0v) is 25.3. The molecule has 10 nitrogen and oxygen atoms in total. The van der Waals surface area contributed by atoms with Crippen LogP contribution < -0.4 is 10.6 Å². The van der Waals surface area contributed by atoms with Gasteiger partial charge in [0.1, 0.15) is 23.3 Å². The number of rotatable bonds is 9. The Bertz CT molecular complexity index is 961. The first-order valence-corrected chi connectivity index (χ1v) is 15.0. The lowest BCUT2D eigenvalue weighted by Crippen LogP contribution is -2.61. The number of esters is 1. The molecule has 0 aromatic heterocycles. The quantitative estimate of drug-likeness (QED) is 0.320. The molecule has 0 aromatic rings. The van der Waals surface area contributed by atoms with Crippen molar-refractivity contribution in [2.45, 2.75) is 148 Å². The largest absolute Gasteiger partial charge is 0.454 e. The summed E-state index contributed by atoms with van der Waals surface area (Å²) in [5, 5.41) is 5.65. The third-order valence-corrected chi connectivity index (χ3v) is 7.98. The third kappa shape index (κ3) is 8.19. The predicted molar refractivity (Wildman–Crippen MR) is 149 cm³/mol. The summed E-state index contributed by atoms with van der Waals surface area (Å²) in [5.74, 6) is -2.56. The summed E-state index contributed by atoms with van der Waals surface area (Å²) in [5.41, 5.74) is -1.55. The summed E-state index contributed by atoms with van der Waals surface area (Å²) in [7, 11) is 0. The topological polar surface area (TPSA) is 131 Å². The summed E-state index contributed by atoms with van der Waals surface area (Å²) in [6.45, 7) is 12.2. The molecule has 40 heavy (non-hydrogen) atoms. The molecule has 2 bridgehead atoms. The van der Waals surface area contributed by atoms with Crippen molar-refractivity contribution in [1.29, 1.82) is 0 Å². The van der Waals surface area contributed by atoms with Gasteiger partial charge in [0.05, 0.1) is 6.04 Å². The van der Waals surface area contributed by atoms with Crippen LogP contribution in [0.1, 0.15) is 113 Å². The number of piperidine rings is 1. The van der Waals surface area contributed by atoms with E-state index < -0.39 is 53.1 Å². The fraction of sp³-hybridized carbons (Fsp3) is 0.833. The number of ketones is 1. The zero-order valence-electron chi connectivity index (χ0n) is 25.3. The van der Waals surface area contributed by atoms with Crippen molar-refractivity contribution in [3.8, 4) is 0 Å². The van der Waals surface area contributed by atoms with E-state index in [2.05, 4.69) is 10.6 Å². The molecule has 5 atom stereocenters. The highest BCUT2D eigenvalue weighted by molar-refractivity contribution is 6.36. The Morgan fingerprint density at radius 3 is 2.05 bits per heavy atom. The van der Waals surface area contributed by atoms with Gasteiger partial charge in [-0.2, -0.15) is 0 Å². The molecule has 0 radical (unpaired) electrons. The monoisotopic (exact) mass is 563 g/mol. The SMILES string of the molecule is CCCC(NC(=O)[C@@H]1C2CCC(C2)N1C(=O)[C@@H](NC(=O)OC(C)(C)C)C1CCCCC1)C(=O)C(=O)OC(C)(C)C. The molecule has 2 saturated carbocycles. The molecule has 2 aliphatic carbocycles. The van der Waals surface area contributed by atoms with Crippen molar-refractivity contribution in [3.05, 3.63) is 0 Å². The highest BCUT2D eigenvalue weighted by atomic mass is 16.6. The van der Waals surface area contributed by atoms with Crippen LogP contribution in [-0.2, 0) is 28.7 Å². The molecule has 2 N–H and O–H groups in total. The van der Waals surface area contributed by atoms with Crippen LogP contribution in [0.4, 0.5) is 4.79 Å². The molecule has 3 amide bonds. The number of nitrogens with one attached hydrogen (secondary N) is 2. The molecule has 1 saturated heterocycles. The van der Waals surface area contributed by atoms with Gasteiger partial charge in [0.15, 0.2) is 0 Å². The van der Waals surface area contributed by atoms with E-state index in [-0.39, 0.29) is 30.2 Å². The average molecular weight is 564 g/mol. The van der Waals surface area contributed by atoms with Crippen molar-refractivity contribution in [1.82, 2.24) is 15.5 Å². The summed E-state index contributed by atoms with van der Waals surface area (Å²) < 4.78 is 10.7. The summed E-state index contributed by atoms with van der Waals surface area (Å²) in [4.78, 5) is 67.8. The van der Waals surface area contributed by atoms with Gasteiger partial charge in [0.2, 0.25) is 11.8 Å². The van der Waals surface area contributed by atoms with Gasteiger partial charge >= 0.3 is 12.1 Å². The van der Waals surface area contributed by atoms with Crippen molar-refractivity contribution < 1.29 is 33.4 Å². The third-order valence-electron chi connectivity index (χ3n) is 7.98. The zero-order chi connectivity index (χ0) is 29.8. The van der Waals surface area contributed by atoms with Gasteiger partial charge in [0.25, 0.3) is 5.78 Å². The summed E-state index contributed by atoms with van der Waals surface area (Å²) in [6, 6.07) is -2.69. The lowest BCUT2D eigenvalue weighted by Gasteiger charge is -2.40. The Hall–Kier alpha value is -2.65. The second-order valence-electron chi connectivity index (χ2n) is 13.7. The van der Waals surface area contributed by atoms with Crippen LogP contribution in [0.15, 0.2) is 0 Å². The van der Waals surface area contributed by atoms with Gasteiger partial charge in [0, 0.05) is 6.04 Å². The number of fused-ring (bicyclic) bond motifs is 2. The van der Waals surface area contributed by atoms with E-state index in [4.69, 9.17) is 9.47 Å². The van der Waals surface area contributed by atoms with Crippen LogP contribution in [0.5, 0.6) is 0 Å². The normalized spacial score (nSPS) is 24.7. The predicted octanol–water partition coefficient (Wildman–Crippen LogP) is 4.04. The number of carbonyl (C=O) groups is 5. The van der Waals surface area contributed by atoms with Gasteiger partial charge in [-0.1, -0.05) is 32.6 Å². The first kappa shape index (κ1) is 31.9. The molecular weight excluding hydrogens is 514 g/mol. The standard InChI is InChI=1S/C30H49N3O7/c1-8-12-21(24(34)27(37)39-29(2,3)4)31-25(35)23-19-15-16-20(17-19)33(23)26(36)22(18-13-10-9-11-14-18)32-28(38)40-30(5,6)7/h18-23H,8-17H2,1-7H3,(H,31,35)(H,32,38)/t19?,20?,21?,22-,23-/m0/s1. The molecule has 3 unspecified atom stereocenters. The lowest BCUT2D eigenvalue weighted by atomic mass is 9.83. The highest BCUT2D eigenvalue weighted by Gasteiger charge is 2.53.